The van der Waals surface area contributed by atoms with Crippen LogP contribution >= 0.6 is 11.3 Å². The van der Waals surface area contributed by atoms with Crippen molar-refractivity contribution < 1.29 is 0 Å². The van der Waals surface area contributed by atoms with Gasteiger partial charge in [0.15, 0.2) is 0 Å². The van der Waals surface area contributed by atoms with Crippen LogP contribution in [0.1, 0.15) is 5.56 Å². The van der Waals surface area contributed by atoms with Crippen LogP contribution in [0.15, 0.2) is 90.1 Å². The Morgan fingerprint density at radius 2 is 1.71 bits per heavy atom. The number of nitrogens with zero attached hydrogens (tertiary/aromatic N) is 5. The second-order valence-electron chi connectivity index (χ2n) is 7.15. The van der Waals surface area contributed by atoms with Gasteiger partial charge in [0.25, 0.3) is 5.56 Å². The molecule has 31 heavy (non-hydrogen) atoms. The number of rotatable bonds is 3. The van der Waals surface area contributed by atoms with E-state index in [1.54, 1.807) is 0 Å². The minimum Gasteiger partial charge on any atom is -0.266 e. The van der Waals surface area contributed by atoms with E-state index >= 15 is 0 Å². The first-order valence-electron chi connectivity index (χ1n) is 9.75. The van der Waals surface area contributed by atoms with Crippen LogP contribution in [0.4, 0.5) is 0 Å². The molecule has 3 aromatic heterocycles. The Morgan fingerprint density at radius 1 is 0.903 bits per heavy atom. The second-order valence-corrected chi connectivity index (χ2v) is 8.15. The molecule has 0 aliphatic carbocycles. The summed E-state index contributed by atoms with van der Waals surface area (Å²) in [6, 6.07) is 24.5. The number of thiazole rings is 1. The van der Waals surface area contributed by atoms with Gasteiger partial charge in [-0.3, -0.25) is 4.79 Å². The molecule has 7 heteroatoms. The van der Waals surface area contributed by atoms with Gasteiger partial charge in [0.1, 0.15) is 12.0 Å². The highest BCUT2D eigenvalue weighted by molar-refractivity contribution is 7.15. The normalized spacial score (nSPS) is 12.2. The third-order valence-corrected chi connectivity index (χ3v) is 6.17. The SMILES string of the molecule is O=c1/c(=C/c2cn(-c3ccccc3)nc2-c2ccc3ccccc3c2)sc2ncnn12. The number of benzene rings is 3. The van der Waals surface area contributed by atoms with Gasteiger partial charge in [0.2, 0.25) is 4.96 Å². The molecule has 0 fully saturated rings. The average molecular weight is 421 g/mol. The molecule has 0 N–H and O–H groups in total. The molecule has 3 aromatic carbocycles. The largest absolute Gasteiger partial charge is 0.291 e. The van der Waals surface area contributed by atoms with Crippen molar-refractivity contribution in [1.29, 1.82) is 0 Å². The molecule has 0 aliphatic rings. The molecule has 3 heterocycles. The number of para-hydroxylation sites is 1. The van der Waals surface area contributed by atoms with Gasteiger partial charge < -0.3 is 0 Å². The third-order valence-electron chi connectivity index (χ3n) is 5.19. The lowest BCUT2D eigenvalue weighted by Crippen LogP contribution is -2.23. The zero-order valence-electron chi connectivity index (χ0n) is 16.2. The predicted molar refractivity (Wildman–Crippen MR) is 122 cm³/mol. The van der Waals surface area contributed by atoms with Crippen LogP contribution in [0.25, 0.3) is 38.8 Å². The molecule has 6 rings (SSSR count). The van der Waals surface area contributed by atoms with Crippen molar-refractivity contribution in [1.82, 2.24) is 24.4 Å². The van der Waals surface area contributed by atoms with Crippen molar-refractivity contribution in [3.63, 3.8) is 0 Å². The molecule has 0 spiro atoms. The first-order valence-corrected chi connectivity index (χ1v) is 10.6. The zero-order valence-corrected chi connectivity index (χ0v) is 17.0. The van der Waals surface area contributed by atoms with Crippen LogP contribution < -0.4 is 10.1 Å². The smallest absolute Gasteiger partial charge is 0.266 e. The lowest BCUT2D eigenvalue weighted by molar-refractivity contribution is 0.884. The fraction of sp³-hybridized carbons (Fsp3) is 0. The number of hydrogen-bond donors (Lipinski definition) is 0. The van der Waals surface area contributed by atoms with Gasteiger partial charge >= 0.3 is 0 Å². The molecule has 6 aromatic rings. The lowest BCUT2D eigenvalue weighted by Gasteiger charge is -2.03. The molecule has 148 valence electrons. The topological polar surface area (TPSA) is 65.1 Å². The maximum absolute atomic E-state index is 12.7. The summed E-state index contributed by atoms with van der Waals surface area (Å²) in [4.78, 5) is 17.4. The molecule has 0 unspecified atom stereocenters. The Kier molecular flexibility index (Phi) is 4.00. The Morgan fingerprint density at radius 3 is 2.55 bits per heavy atom. The monoisotopic (exact) mass is 421 g/mol. The zero-order chi connectivity index (χ0) is 20.8. The summed E-state index contributed by atoms with van der Waals surface area (Å²) in [5.41, 5.74) is 3.45. The number of fused-ring (bicyclic) bond motifs is 2. The molecule has 0 radical (unpaired) electrons. The molecule has 0 bridgehead atoms. The van der Waals surface area contributed by atoms with E-state index in [0.717, 1.165) is 27.9 Å². The summed E-state index contributed by atoms with van der Waals surface area (Å²) in [6.45, 7) is 0. The minimum absolute atomic E-state index is 0.172. The van der Waals surface area contributed by atoms with Crippen molar-refractivity contribution in [2.45, 2.75) is 0 Å². The fourth-order valence-corrected chi connectivity index (χ4v) is 4.56. The summed E-state index contributed by atoms with van der Waals surface area (Å²) in [7, 11) is 0. The van der Waals surface area contributed by atoms with Crippen molar-refractivity contribution in [2.24, 2.45) is 0 Å². The fourth-order valence-electron chi connectivity index (χ4n) is 3.69. The quantitative estimate of drug-likeness (QED) is 0.437. The molecule has 6 nitrogen and oxygen atoms in total. The van der Waals surface area contributed by atoms with Crippen LogP contribution in [0.2, 0.25) is 0 Å². The van der Waals surface area contributed by atoms with Gasteiger partial charge in [-0.25, -0.2) is 9.67 Å². The van der Waals surface area contributed by atoms with Gasteiger partial charge in [0.05, 0.1) is 10.2 Å². The molecule has 0 saturated heterocycles. The standard InChI is InChI=1S/C24H15N5OS/c30-23-21(31-24-25-15-26-29(23)24)13-19-14-28(20-8-2-1-3-9-20)27-22(19)18-11-10-16-6-4-5-7-17(16)12-18/h1-15H/b21-13-. The van der Waals surface area contributed by atoms with Crippen LogP contribution in [-0.2, 0) is 0 Å². The van der Waals surface area contributed by atoms with Gasteiger partial charge in [-0.05, 0) is 35.0 Å². The maximum atomic E-state index is 12.7. The van der Waals surface area contributed by atoms with Crippen molar-refractivity contribution in [2.75, 3.05) is 0 Å². The number of aromatic nitrogens is 5. The minimum atomic E-state index is -0.172. The van der Waals surface area contributed by atoms with Gasteiger partial charge in [-0.2, -0.15) is 14.7 Å². The molecule has 0 aliphatic heterocycles. The molecule has 0 saturated carbocycles. The highest BCUT2D eigenvalue weighted by Crippen LogP contribution is 2.27. The average Bonchev–Trinajstić information content (AvgIpc) is 3.52. The second kappa shape index (κ2) is 7.00. The van der Waals surface area contributed by atoms with Crippen LogP contribution in [0.5, 0.6) is 0 Å². The molecule has 0 amide bonds. The third kappa shape index (κ3) is 3.03. The summed E-state index contributed by atoms with van der Waals surface area (Å²) in [5.74, 6) is 0. The van der Waals surface area contributed by atoms with E-state index in [4.69, 9.17) is 5.10 Å². The Hall–Kier alpha value is -4.10. The first kappa shape index (κ1) is 17.7. The predicted octanol–water partition coefficient (Wildman–Crippen LogP) is 3.70. The van der Waals surface area contributed by atoms with Gasteiger partial charge in [-0.1, -0.05) is 65.9 Å². The lowest BCUT2D eigenvalue weighted by atomic mass is 10.0. The van der Waals surface area contributed by atoms with Crippen molar-refractivity contribution in [3.05, 3.63) is 106 Å². The van der Waals surface area contributed by atoms with Crippen LogP contribution in [0.3, 0.4) is 0 Å². The summed E-state index contributed by atoms with van der Waals surface area (Å²) in [5, 5.41) is 11.2. The first-order chi connectivity index (χ1) is 15.3. The summed E-state index contributed by atoms with van der Waals surface area (Å²) in [6.07, 6.45) is 5.22. The van der Waals surface area contributed by atoms with Gasteiger partial charge in [0, 0.05) is 17.3 Å². The maximum Gasteiger partial charge on any atom is 0.291 e. The van der Waals surface area contributed by atoms with E-state index in [-0.39, 0.29) is 5.56 Å². The highest BCUT2D eigenvalue weighted by Gasteiger charge is 2.13. The van der Waals surface area contributed by atoms with Crippen LogP contribution in [-0.4, -0.2) is 24.4 Å². The molecule has 0 atom stereocenters. The summed E-state index contributed by atoms with van der Waals surface area (Å²) >= 11 is 1.32. The van der Waals surface area contributed by atoms with E-state index in [2.05, 4.69) is 40.4 Å². The van der Waals surface area contributed by atoms with E-state index < -0.39 is 0 Å². The molecular weight excluding hydrogens is 406 g/mol. The van der Waals surface area contributed by atoms with Crippen molar-refractivity contribution >= 4 is 33.1 Å². The van der Waals surface area contributed by atoms with E-state index in [9.17, 15) is 4.79 Å². The summed E-state index contributed by atoms with van der Waals surface area (Å²) < 4.78 is 3.75. The van der Waals surface area contributed by atoms with E-state index in [1.807, 2.05) is 59.4 Å². The van der Waals surface area contributed by atoms with E-state index in [0.29, 0.717) is 9.49 Å². The molecular formula is C24H15N5OS. The van der Waals surface area contributed by atoms with Crippen LogP contribution in [0, 0.1) is 0 Å². The van der Waals surface area contributed by atoms with Crippen molar-refractivity contribution in [3.8, 4) is 16.9 Å². The Bertz CT molecular complexity index is 1660. The highest BCUT2D eigenvalue weighted by atomic mass is 32.1. The van der Waals surface area contributed by atoms with Gasteiger partial charge in [-0.15, -0.1) is 0 Å². The Labute approximate surface area is 180 Å². The van der Waals surface area contributed by atoms with E-state index in [1.165, 1.54) is 27.6 Å². The number of hydrogen-bond acceptors (Lipinski definition) is 5. The Balaban J connectivity index is 1.59.